The van der Waals surface area contributed by atoms with Crippen molar-refractivity contribution < 1.29 is 18.8 Å². The van der Waals surface area contributed by atoms with Crippen LogP contribution in [0.3, 0.4) is 0 Å². The second-order valence-corrected chi connectivity index (χ2v) is 10.0. The molecule has 2 aromatic rings. The van der Waals surface area contributed by atoms with E-state index in [9.17, 15) is 4.79 Å². The van der Waals surface area contributed by atoms with E-state index < -0.39 is 5.41 Å². The molecule has 1 saturated carbocycles. The summed E-state index contributed by atoms with van der Waals surface area (Å²) < 4.78 is 17.6. The van der Waals surface area contributed by atoms with Gasteiger partial charge in [-0.25, -0.2) is 4.98 Å². The predicted molar refractivity (Wildman–Crippen MR) is 123 cm³/mol. The molecule has 5 rings (SSSR count). The van der Waals surface area contributed by atoms with Crippen LogP contribution in [0, 0.1) is 0 Å². The molecule has 3 heterocycles. The first-order valence-electron chi connectivity index (χ1n) is 11.9. The van der Waals surface area contributed by atoms with E-state index in [1.165, 1.54) is 0 Å². The van der Waals surface area contributed by atoms with E-state index in [0.29, 0.717) is 23.9 Å². The molecule has 2 aromatic heterocycles. The Balaban J connectivity index is 1.45. The molecule has 1 saturated heterocycles. The molecule has 2 fully saturated rings. The maximum absolute atomic E-state index is 12.9. The summed E-state index contributed by atoms with van der Waals surface area (Å²) in [5, 5.41) is 4.66. The highest BCUT2D eigenvalue weighted by Gasteiger charge is 2.48. The number of hydrogen-bond acceptors (Lipinski definition) is 8. The second kappa shape index (κ2) is 8.96. The monoisotopic (exact) mass is 474 g/mol. The smallest absolute Gasteiger partial charge is 0.218 e. The fraction of sp³-hybridized carbons (Fsp3) is 0.667. The summed E-state index contributed by atoms with van der Waals surface area (Å²) >= 11 is 6.36. The molecular formula is C24H31ClN4O4. The van der Waals surface area contributed by atoms with Crippen molar-refractivity contribution in [1.82, 2.24) is 20.0 Å². The van der Waals surface area contributed by atoms with Gasteiger partial charge in [0.2, 0.25) is 17.5 Å². The second-order valence-electron chi connectivity index (χ2n) is 9.61. The molecule has 4 atom stereocenters. The standard InChI is InChI=1S/C24H31ClN4O4/c1-14(20-16(31-3)9-12-29(20)2)32-19-13-18(25)26-23(27-19)21-15-7-6-11-24(22(15)28-33-21)10-5-4-8-17(24)30/h13-14,16,20H,4-12H2,1-3H3/t14-,16?,20+,24+/m0/s1. The number of aromatic nitrogens is 3. The maximum Gasteiger partial charge on any atom is 0.218 e. The zero-order valence-electron chi connectivity index (χ0n) is 19.5. The molecule has 9 heteroatoms. The summed E-state index contributed by atoms with van der Waals surface area (Å²) in [4.78, 5) is 24.2. The lowest BCUT2D eigenvalue weighted by molar-refractivity contribution is -0.127. The normalized spacial score (nSPS) is 28.8. The third-order valence-electron chi connectivity index (χ3n) is 7.68. The number of carbonyl (C=O) groups excluding carboxylic acids is 1. The van der Waals surface area contributed by atoms with Crippen LogP contribution in [0.2, 0.25) is 5.15 Å². The molecule has 0 N–H and O–H groups in total. The van der Waals surface area contributed by atoms with Crippen LogP contribution in [-0.4, -0.2) is 64.8 Å². The van der Waals surface area contributed by atoms with Crippen LogP contribution in [0.5, 0.6) is 5.88 Å². The Morgan fingerprint density at radius 1 is 1.24 bits per heavy atom. The van der Waals surface area contributed by atoms with Crippen molar-refractivity contribution in [3.8, 4) is 17.5 Å². The van der Waals surface area contributed by atoms with Crippen molar-refractivity contribution >= 4 is 17.4 Å². The molecule has 0 aromatic carbocycles. The fourth-order valence-electron chi connectivity index (χ4n) is 6.06. The molecule has 33 heavy (non-hydrogen) atoms. The average molecular weight is 475 g/mol. The summed E-state index contributed by atoms with van der Waals surface area (Å²) in [6.07, 6.45) is 6.89. The van der Waals surface area contributed by atoms with E-state index in [0.717, 1.165) is 62.7 Å². The van der Waals surface area contributed by atoms with Crippen LogP contribution in [0.25, 0.3) is 11.6 Å². The number of ketones is 1. The topological polar surface area (TPSA) is 90.6 Å². The minimum Gasteiger partial charge on any atom is -0.473 e. The van der Waals surface area contributed by atoms with E-state index in [1.54, 1.807) is 13.2 Å². The quantitative estimate of drug-likeness (QED) is 0.601. The van der Waals surface area contributed by atoms with Crippen LogP contribution in [0.1, 0.15) is 63.1 Å². The Morgan fingerprint density at radius 3 is 2.85 bits per heavy atom. The van der Waals surface area contributed by atoms with E-state index >= 15 is 0 Å². The molecule has 0 radical (unpaired) electrons. The highest BCUT2D eigenvalue weighted by molar-refractivity contribution is 6.29. The molecule has 1 aliphatic heterocycles. The first-order chi connectivity index (χ1) is 15.9. The third kappa shape index (κ3) is 3.96. The van der Waals surface area contributed by atoms with Gasteiger partial charge in [-0.1, -0.05) is 23.2 Å². The van der Waals surface area contributed by atoms with Gasteiger partial charge >= 0.3 is 0 Å². The minimum atomic E-state index is -0.512. The number of hydrogen-bond donors (Lipinski definition) is 0. The lowest BCUT2D eigenvalue weighted by atomic mass is 9.64. The van der Waals surface area contributed by atoms with Crippen molar-refractivity contribution in [2.75, 3.05) is 20.7 Å². The van der Waals surface area contributed by atoms with E-state index in [2.05, 4.69) is 27.1 Å². The Hall–Kier alpha value is -2.03. The number of likely N-dealkylation sites (N-methyl/N-ethyl adjacent to an activating group) is 1. The highest BCUT2D eigenvalue weighted by Crippen LogP contribution is 2.47. The Labute approximate surface area is 199 Å². The molecule has 1 unspecified atom stereocenters. The van der Waals surface area contributed by atoms with Crippen molar-refractivity contribution in [1.29, 1.82) is 0 Å². The number of nitrogens with zero attached hydrogens (tertiary/aromatic N) is 4. The summed E-state index contributed by atoms with van der Waals surface area (Å²) in [5.41, 5.74) is 1.21. The van der Waals surface area contributed by atoms with E-state index in [4.69, 9.17) is 25.6 Å². The van der Waals surface area contributed by atoms with Crippen molar-refractivity contribution in [3.05, 3.63) is 22.5 Å². The predicted octanol–water partition coefficient (Wildman–Crippen LogP) is 3.99. The summed E-state index contributed by atoms with van der Waals surface area (Å²) in [5.74, 6) is 1.52. The summed E-state index contributed by atoms with van der Waals surface area (Å²) in [6.45, 7) is 2.97. The van der Waals surface area contributed by atoms with Gasteiger partial charge in [-0.15, -0.1) is 0 Å². The summed E-state index contributed by atoms with van der Waals surface area (Å²) in [7, 11) is 3.81. The van der Waals surface area contributed by atoms with Gasteiger partial charge in [-0.05, 0) is 52.5 Å². The number of ether oxygens (including phenoxy) is 2. The largest absolute Gasteiger partial charge is 0.473 e. The van der Waals surface area contributed by atoms with Crippen molar-refractivity contribution in [3.63, 3.8) is 0 Å². The average Bonchev–Trinajstić information content (AvgIpc) is 3.39. The third-order valence-corrected chi connectivity index (χ3v) is 7.88. The first-order valence-corrected chi connectivity index (χ1v) is 12.3. The van der Waals surface area contributed by atoms with Crippen LogP contribution in [0.4, 0.5) is 0 Å². The molecule has 0 bridgehead atoms. The Kier molecular flexibility index (Phi) is 6.18. The zero-order chi connectivity index (χ0) is 23.2. The van der Waals surface area contributed by atoms with Gasteiger partial charge in [0.25, 0.3) is 0 Å². The van der Waals surface area contributed by atoms with Crippen LogP contribution in [-0.2, 0) is 21.4 Å². The number of likely N-dealkylation sites (tertiary alicyclic amines) is 1. The van der Waals surface area contributed by atoms with Gasteiger partial charge in [-0.2, -0.15) is 4.98 Å². The van der Waals surface area contributed by atoms with Crippen molar-refractivity contribution in [2.24, 2.45) is 0 Å². The van der Waals surface area contributed by atoms with Gasteiger partial charge in [0, 0.05) is 31.7 Å². The van der Waals surface area contributed by atoms with Gasteiger partial charge < -0.3 is 14.0 Å². The SMILES string of the molecule is COC1CCN(C)[C@@H]1[C@H](C)Oc1cc(Cl)nc(-c2onc3c2CCC[C@@]32CCCCC2=O)n1. The number of methoxy groups -OCH3 is 1. The minimum absolute atomic E-state index is 0.104. The van der Waals surface area contributed by atoms with Crippen molar-refractivity contribution in [2.45, 2.75) is 82.0 Å². The number of carbonyl (C=O) groups is 1. The first kappa shape index (κ1) is 22.7. The van der Waals surface area contributed by atoms with Gasteiger partial charge in [0.15, 0.2) is 0 Å². The molecule has 8 nitrogen and oxygen atoms in total. The van der Waals surface area contributed by atoms with Crippen LogP contribution in [0.15, 0.2) is 10.6 Å². The Morgan fingerprint density at radius 2 is 2.06 bits per heavy atom. The Bertz CT molecular complexity index is 1040. The lowest BCUT2D eigenvalue weighted by Gasteiger charge is -2.37. The fourth-order valence-corrected chi connectivity index (χ4v) is 6.23. The molecule has 1 spiro atoms. The van der Waals surface area contributed by atoms with E-state index in [1.807, 2.05) is 6.92 Å². The molecule has 2 aliphatic carbocycles. The number of Topliss-reactive ketones (excluding diaryl/α,β-unsaturated/α-hetero) is 1. The molecular weight excluding hydrogens is 444 g/mol. The lowest BCUT2D eigenvalue weighted by Crippen LogP contribution is -2.44. The number of fused-ring (bicyclic) bond motifs is 2. The zero-order valence-corrected chi connectivity index (χ0v) is 20.2. The van der Waals surface area contributed by atoms with Gasteiger partial charge in [-0.3, -0.25) is 9.69 Å². The van der Waals surface area contributed by atoms with Gasteiger partial charge in [0.05, 0.1) is 17.6 Å². The summed E-state index contributed by atoms with van der Waals surface area (Å²) in [6, 6.07) is 1.73. The van der Waals surface area contributed by atoms with E-state index in [-0.39, 0.29) is 29.2 Å². The molecule has 3 aliphatic rings. The highest BCUT2D eigenvalue weighted by atomic mass is 35.5. The number of halogens is 1. The van der Waals surface area contributed by atoms with Crippen LogP contribution >= 0.6 is 11.6 Å². The van der Waals surface area contributed by atoms with Gasteiger partial charge in [0.1, 0.15) is 22.7 Å². The maximum atomic E-state index is 12.9. The molecule has 178 valence electrons. The number of rotatable bonds is 5. The van der Waals surface area contributed by atoms with Crippen LogP contribution < -0.4 is 4.74 Å². The molecule has 0 amide bonds.